The van der Waals surface area contributed by atoms with Gasteiger partial charge in [0.05, 0.1) is 51.0 Å². The van der Waals surface area contributed by atoms with Gasteiger partial charge in [0.2, 0.25) is 0 Å². The number of methoxy groups -OCH3 is 1. The van der Waals surface area contributed by atoms with Crippen LogP contribution in [0.5, 0.6) is 0 Å². The van der Waals surface area contributed by atoms with Crippen LogP contribution in [-0.2, 0) is 23.7 Å². The predicted octanol–water partition coefficient (Wildman–Crippen LogP) is 4.41. The van der Waals surface area contributed by atoms with Gasteiger partial charge in [-0.15, -0.1) is 0 Å². The van der Waals surface area contributed by atoms with E-state index >= 15 is 0 Å². The number of piperidine rings is 1. The topological polar surface area (TPSA) is 100 Å². The van der Waals surface area contributed by atoms with Crippen molar-refractivity contribution in [1.82, 2.24) is 4.90 Å². The third kappa shape index (κ3) is 8.18. The number of hydrogen-bond acceptors (Lipinski definition) is 7. The Hall–Kier alpha value is -2.16. The number of benzene rings is 1. The van der Waals surface area contributed by atoms with Crippen molar-refractivity contribution < 1.29 is 28.5 Å². The van der Waals surface area contributed by atoms with E-state index in [9.17, 15) is 9.59 Å². The van der Waals surface area contributed by atoms with Crippen molar-refractivity contribution in [2.45, 2.75) is 94.9 Å². The number of ether oxygens (including phenoxy) is 4. The maximum atomic E-state index is 13.1. The second-order valence-corrected chi connectivity index (χ2v) is 11.1. The highest BCUT2D eigenvalue weighted by molar-refractivity contribution is 5.69. The average molecular weight is 505 g/mol. The number of rotatable bonds is 9. The first-order chi connectivity index (χ1) is 17.1. The molecule has 2 atom stereocenters. The number of hydrogen-bond donors (Lipinski definition) is 1. The highest BCUT2D eigenvalue weighted by Crippen LogP contribution is 2.35. The van der Waals surface area contributed by atoms with Crippen molar-refractivity contribution >= 4 is 12.1 Å². The summed E-state index contributed by atoms with van der Waals surface area (Å²) in [6.45, 7) is 6.90. The Labute approximate surface area is 215 Å². The minimum atomic E-state index is -0.799. The quantitative estimate of drug-likeness (QED) is 0.393. The molecule has 2 fully saturated rings. The SMILES string of the molecule is COC(=O)CCOC[C@]1(N)CCCN(C(=O)OC(C)(C)C)[C@H]1COC1CCC(c2ccccc2)CC1. The maximum absolute atomic E-state index is 13.1. The summed E-state index contributed by atoms with van der Waals surface area (Å²) < 4.78 is 22.6. The zero-order valence-corrected chi connectivity index (χ0v) is 22.4. The lowest BCUT2D eigenvalue weighted by Crippen LogP contribution is -2.67. The molecule has 1 aliphatic heterocycles. The second-order valence-electron chi connectivity index (χ2n) is 11.1. The van der Waals surface area contributed by atoms with E-state index in [1.165, 1.54) is 12.7 Å². The molecule has 0 unspecified atom stereocenters. The van der Waals surface area contributed by atoms with Crippen LogP contribution in [0.25, 0.3) is 0 Å². The summed E-state index contributed by atoms with van der Waals surface area (Å²) in [6.07, 6.45) is 5.48. The molecule has 8 nitrogen and oxygen atoms in total. The highest BCUT2D eigenvalue weighted by atomic mass is 16.6. The fourth-order valence-corrected chi connectivity index (χ4v) is 5.21. The number of nitrogens with zero attached hydrogens (tertiary/aromatic N) is 1. The lowest BCUT2D eigenvalue weighted by atomic mass is 9.82. The first-order valence-electron chi connectivity index (χ1n) is 13.2. The third-order valence-corrected chi connectivity index (χ3v) is 7.19. The van der Waals surface area contributed by atoms with Gasteiger partial charge < -0.3 is 29.6 Å². The Morgan fingerprint density at radius 2 is 1.81 bits per heavy atom. The van der Waals surface area contributed by atoms with E-state index in [4.69, 9.17) is 19.9 Å². The molecule has 1 aliphatic carbocycles. The Morgan fingerprint density at radius 1 is 1.11 bits per heavy atom. The van der Waals surface area contributed by atoms with Crippen LogP contribution < -0.4 is 5.73 Å². The molecule has 202 valence electrons. The minimum absolute atomic E-state index is 0.136. The summed E-state index contributed by atoms with van der Waals surface area (Å²) in [5.41, 5.74) is 6.87. The van der Waals surface area contributed by atoms with E-state index in [-0.39, 0.29) is 43.8 Å². The van der Waals surface area contributed by atoms with Crippen LogP contribution in [0.15, 0.2) is 30.3 Å². The molecule has 1 saturated carbocycles. The molecule has 1 amide bonds. The van der Waals surface area contributed by atoms with E-state index in [2.05, 4.69) is 35.1 Å². The summed E-state index contributed by atoms with van der Waals surface area (Å²) in [4.78, 5) is 26.3. The maximum Gasteiger partial charge on any atom is 0.410 e. The summed E-state index contributed by atoms with van der Waals surface area (Å²) in [7, 11) is 1.35. The Balaban J connectivity index is 1.63. The Bertz CT molecular complexity index is 834. The van der Waals surface area contributed by atoms with Gasteiger partial charge in [-0.3, -0.25) is 4.79 Å². The molecule has 8 heteroatoms. The standard InChI is InChI=1S/C28H44N2O6/c1-27(2,3)36-26(32)30-17-8-16-28(29,20-34-18-15-25(31)33-4)24(30)19-35-23-13-11-22(12-14-23)21-9-6-5-7-10-21/h5-7,9-10,22-24H,8,11-20,29H2,1-4H3/t22?,23?,24-,28+/m0/s1. The van der Waals surface area contributed by atoms with Crippen LogP contribution in [-0.4, -0.2) is 73.7 Å². The van der Waals surface area contributed by atoms with Crippen LogP contribution in [0.2, 0.25) is 0 Å². The second kappa shape index (κ2) is 12.9. The van der Waals surface area contributed by atoms with E-state index in [1.54, 1.807) is 4.90 Å². The van der Waals surface area contributed by atoms with Gasteiger partial charge in [0, 0.05) is 6.54 Å². The van der Waals surface area contributed by atoms with Crippen LogP contribution in [0.4, 0.5) is 4.79 Å². The van der Waals surface area contributed by atoms with Crippen LogP contribution >= 0.6 is 0 Å². The summed E-state index contributed by atoms with van der Waals surface area (Å²) >= 11 is 0. The average Bonchev–Trinajstić information content (AvgIpc) is 2.85. The van der Waals surface area contributed by atoms with Crippen molar-refractivity contribution in [3.8, 4) is 0 Å². The first-order valence-corrected chi connectivity index (χ1v) is 13.2. The van der Waals surface area contributed by atoms with Crippen LogP contribution in [0.1, 0.15) is 77.2 Å². The van der Waals surface area contributed by atoms with Gasteiger partial charge in [-0.25, -0.2) is 4.79 Å². The van der Waals surface area contributed by atoms with Crippen molar-refractivity contribution in [1.29, 1.82) is 0 Å². The fourth-order valence-electron chi connectivity index (χ4n) is 5.21. The summed E-state index contributed by atoms with van der Waals surface area (Å²) in [6, 6.07) is 10.3. The molecule has 1 aromatic rings. The zero-order chi connectivity index (χ0) is 26.2. The molecule has 36 heavy (non-hydrogen) atoms. The molecule has 0 radical (unpaired) electrons. The predicted molar refractivity (Wildman–Crippen MR) is 138 cm³/mol. The number of likely N-dealkylation sites (tertiary alicyclic amines) is 1. The highest BCUT2D eigenvalue weighted by Gasteiger charge is 2.45. The lowest BCUT2D eigenvalue weighted by Gasteiger charge is -2.48. The molecule has 2 N–H and O–H groups in total. The van der Waals surface area contributed by atoms with Gasteiger partial charge in [0.25, 0.3) is 0 Å². The number of amides is 1. The third-order valence-electron chi connectivity index (χ3n) is 7.19. The van der Waals surface area contributed by atoms with Crippen molar-refractivity contribution in [3.05, 3.63) is 35.9 Å². The molecule has 2 aliphatic rings. The van der Waals surface area contributed by atoms with Gasteiger partial charge in [0.1, 0.15) is 5.60 Å². The molecule has 1 heterocycles. The van der Waals surface area contributed by atoms with Gasteiger partial charge in [-0.2, -0.15) is 0 Å². The smallest absolute Gasteiger partial charge is 0.410 e. The molecule has 1 saturated heterocycles. The number of carbonyl (C=O) groups is 2. The van der Waals surface area contributed by atoms with Crippen LogP contribution in [0, 0.1) is 0 Å². The van der Waals surface area contributed by atoms with Crippen molar-refractivity contribution in [2.24, 2.45) is 5.73 Å². The van der Waals surface area contributed by atoms with Gasteiger partial charge in [0.15, 0.2) is 0 Å². The van der Waals surface area contributed by atoms with Gasteiger partial charge in [-0.1, -0.05) is 30.3 Å². The minimum Gasteiger partial charge on any atom is -0.469 e. The van der Waals surface area contributed by atoms with Crippen LogP contribution in [0.3, 0.4) is 0 Å². The van der Waals surface area contributed by atoms with Gasteiger partial charge >= 0.3 is 12.1 Å². The largest absolute Gasteiger partial charge is 0.469 e. The van der Waals surface area contributed by atoms with Crippen molar-refractivity contribution in [3.63, 3.8) is 0 Å². The Kier molecular flexibility index (Phi) is 10.2. The van der Waals surface area contributed by atoms with E-state index < -0.39 is 11.1 Å². The molecule has 0 bridgehead atoms. The zero-order valence-electron chi connectivity index (χ0n) is 22.4. The molecular formula is C28H44N2O6. The number of esters is 1. The number of nitrogens with two attached hydrogens (primary N) is 1. The monoisotopic (exact) mass is 504 g/mol. The normalized spacial score (nSPS) is 26.9. The summed E-state index contributed by atoms with van der Waals surface area (Å²) in [5.74, 6) is 0.238. The molecule has 1 aromatic carbocycles. The molecule has 3 rings (SSSR count). The van der Waals surface area contributed by atoms with E-state index in [0.717, 1.165) is 32.1 Å². The van der Waals surface area contributed by atoms with E-state index in [0.29, 0.717) is 25.5 Å². The lowest BCUT2D eigenvalue weighted by molar-refractivity contribution is -0.142. The molecular weight excluding hydrogens is 460 g/mol. The molecule has 0 spiro atoms. The van der Waals surface area contributed by atoms with Crippen molar-refractivity contribution in [2.75, 3.05) is 33.5 Å². The summed E-state index contributed by atoms with van der Waals surface area (Å²) in [5, 5.41) is 0. The number of carbonyl (C=O) groups excluding carboxylic acids is 2. The Morgan fingerprint density at radius 3 is 2.44 bits per heavy atom. The first kappa shape index (κ1) is 28.4. The van der Waals surface area contributed by atoms with Gasteiger partial charge in [-0.05, 0) is 70.8 Å². The van der Waals surface area contributed by atoms with E-state index in [1.807, 2.05) is 20.8 Å². The fraction of sp³-hybridized carbons (Fsp3) is 0.714. The molecule has 0 aromatic heterocycles.